The SMILES string of the molecule is Cc1cc(C(=O)CN)sc1C. The molecule has 1 aromatic heterocycles. The average Bonchev–Trinajstić information content (AvgIpc) is 2.31. The molecule has 0 atom stereocenters. The maximum absolute atomic E-state index is 11.1. The number of ketones is 1. The van der Waals surface area contributed by atoms with E-state index in [1.54, 1.807) is 0 Å². The topological polar surface area (TPSA) is 43.1 Å². The Labute approximate surface area is 70.0 Å². The Kier molecular flexibility index (Phi) is 2.42. The van der Waals surface area contributed by atoms with Crippen LogP contribution < -0.4 is 5.73 Å². The molecule has 0 amide bonds. The molecule has 2 nitrogen and oxygen atoms in total. The molecule has 0 bridgehead atoms. The lowest BCUT2D eigenvalue weighted by atomic mass is 10.2. The molecule has 0 aliphatic rings. The number of thiophene rings is 1. The van der Waals surface area contributed by atoms with Crippen LogP contribution in [0.1, 0.15) is 20.1 Å². The number of Topliss-reactive ketones (excluding diaryl/α,β-unsaturated/α-hetero) is 1. The van der Waals surface area contributed by atoms with Gasteiger partial charge in [0.15, 0.2) is 5.78 Å². The van der Waals surface area contributed by atoms with Crippen molar-refractivity contribution in [1.29, 1.82) is 0 Å². The van der Waals surface area contributed by atoms with Crippen molar-refractivity contribution in [2.45, 2.75) is 13.8 Å². The fraction of sp³-hybridized carbons (Fsp3) is 0.375. The lowest BCUT2D eigenvalue weighted by molar-refractivity contribution is 0.100. The number of carbonyl (C=O) groups excluding carboxylic acids is 1. The Balaban J connectivity index is 2.97. The second-order valence-electron chi connectivity index (χ2n) is 2.48. The van der Waals surface area contributed by atoms with Gasteiger partial charge in [-0.15, -0.1) is 11.3 Å². The van der Waals surface area contributed by atoms with E-state index in [1.165, 1.54) is 21.8 Å². The number of hydrogen-bond acceptors (Lipinski definition) is 3. The van der Waals surface area contributed by atoms with E-state index in [0.29, 0.717) is 0 Å². The standard InChI is InChI=1S/C8H11NOS/c1-5-3-8(7(10)4-9)11-6(5)2/h3H,4,9H2,1-2H3. The minimum Gasteiger partial charge on any atom is -0.324 e. The lowest BCUT2D eigenvalue weighted by Crippen LogP contribution is -2.11. The molecular weight excluding hydrogens is 158 g/mol. The van der Waals surface area contributed by atoms with Crippen molar-refractivity contribution in [1.82, 2.24) is 0 Å². The quantitative estimate of drug-likeness (QED) is 0.682. The molecule has 0 saturated heterocycles. The number of nitrogens with two attached hydrogens (primary N) is 1. The number of rotatable bonds is 2. The summed E-state index contributed by atoms with van der Waals surface area (Å²) in [5.41, 5.74) is 6.39. The van der Waals surface area contributed by atoms with E-state index in [1.807, 2.05) is 19.9 Å². The molecule has 1 heterocycles. The first-order valence-corrected chi connectivity index (χ1v) is 4.27. The predicted molar refractivity (Wildman–Crippen MR) is 47.2 cm³/mol. The smallest absolute Gasteiger partial charge is 0.186 e. The summed E-state index contributed by atoms with van der Waals surface area (Å²) in [7, 11) is 0. The summed E-state index contributed by atoms with van der Waals surface area (Å²) in [5, 5.41) is 0. The Morgan fingerprint density at radius 3 is 2.64 bits per heavy atom. The second-order valence-corrected chi connectivity index (χ2v) is 3.73. The van der Waals surface area contributed by atoms with Gasteiger partial charge in [0.25, 0.3) is 0 Å². The Bertz CT molecular complexity index is 258. The molecule has 0 unspecified atom stereocenters. The third-order valence-corrected chi connectivity index (χ3v) is 2.82. The first kappa shape index (κ1) is 8.43. The second kappa shape index (κ2) is 3.15. The van der Waals surface area contributed by atoms with Gasteiger partial charge in [0.05, 0.1) is 11.4 Å². The van der Waals surface area contributed by atoms with Gasteiger partial charge >= 0.3 is 0 Å². The van der Waals surface area contributed by atoms with Crippen molar-refractivity contribution >= 4 is 17.1 Å². The minimum atomic E-state index is 0.0335. The summed E-state index contributed by atoms with van der Waals surface area (Å²) in [6.45, 7) is 4.12. The van der Waals surface area contributed by atoms with Crippen molar-refractivity contribution in [2.24, 2.45) is 5.73 Å². The van der Waals surface area contributed by atoms with Crippen LogP contribution in [0.4, 0.5) is 0 Å². The third kappa shape index (κ3) is 1.67. The first-order valence-electron chi connectivity index (χ1n) is 3.45. The van der Waals surface area contributed by atoms with Crippen LogP contribution in [0.3, 0.4) is 0 Å². The van der Waals surface area contributed by atoms with Gasteiger partial charge in [-0.05, 0) is 25.5 Å². The summed E-state index contributed by atoms with van der Waals surface area (Å²) in [6, 6.07) is 1.90. The summed E-state index contributed by atoms with van der Waals surface area (Å²) < 4.78 is 0. The Morgan fingerprint density at radius 2 is 2.27 bits per heavy atom. The van der Waals surface area contributed by atoms with E-state index in [4.69, 9.17) is 5.73 Å². The minimum absolute atomic E-state index is 0.0335. The molecule has 3 heteroatoms. The molecule has 1 aromatic rings. The number of hydrogen-bond donors (Lipinski definition) is 1. The number of aryl methyl sites for hydroxylation is 2. The van der Waals surface area contributed by atoms with Crippen molar-refractivity contribution in [3.63, 3.8) is 0 Å². The van der Waals surface area contributed by atoms with Crippen molar-refractivity contribution in [3.8, 4) is 0 Å². The van der Waals surface area contributed by atoms with Gasteiger partial charge in [0, 0.05) is 4.88 Å². The van der Waals surface area contributed by atoms with Crippen LogP contribution in [0.2, 0.25) is 0 Å². The molecule has 0 radical (unpaired) electrons. The summed E-state index contributed by atoms with van der Waals surface area (Å²) in [4.78, 5) is 13.0. The van der Waals surface area contributed by atoms with E-state index in [2.05, 4.69) is 0 Å². The van der Waals surface area contributed by atoms with E-state index >= 15 is 0 Å². The molecule has 0 saturated carbocycles. The molecule has 0 fully saturated rings. The average molecular weight is 169 g/mol. The van der Waals surface area contributed by atoms with E-state index < -0.39 is 0 Å². The van der Waals surface area contributed by atoms with Crippen molar-refractivity contribution in [3.05, 3.63) is 21.4 Å². The van der Waals surface area contributed by atoms with Crippen molar-refractivity contribution < 1.29 is 4.79 Å². The lowest BCUT2D eigenvalue weighted by Gasteiger charge is -1.87. The van der Waals surface area contributed by atoms with Crippen LogP contribution >= 0.6 is 11.3 Å². The van der Waals surface area contributed by atoms with Gasteiger partial charge < -0.3 is 5.73 Å². The van der Waals surface area contributed by atoms with Crippen LogP contribution in [0.15, 0.2) is 6.07 Å². The highest BCUT2D eigenvalue weighted by atomic mass is 32.1. The van der Waals surface area contributed by atoms with Crippen LogP contribution in [0.25, 0.3) is 0 Å². The Hall–Kier alpha value is -0.670. The molecule has 0 aliphatic carbocycles. The molecule has 0 aliphatic heterocycles. The van der Waals surface area contributed by atoms with Crippen molar-refractivity contribution in [2.75, 3.05) is 6.54 Å². The van der Waals surface area contributed by atoms with Gasteiger partial charge in [0.1, 0.15) is 0 Å². The largest absolute Gasteiger partial charge is 0.324 e. The maximum atomic E-state index is 11.1. The van der Waals surface area contributed by atoms with Gasteiger partial charge in [-0.25, -0.2) is 0 Å². The monoisotopic (exact) mass is 169 g/mol. The van der Waals surface area contributed by atoms with E-state index in [9.17, 15) is 4.79 Å². The van der Waals surface area contributed by atoms with Crippen LogP contribution in [-0.4, -0.2) is 12.3 Å². The highest BCUT2D eigenvalue weighted by Crippen LogP contribution is 2.20. The molecule has 0 spiro atoms. The van der Waals surface area contributed by atoms with Gasteiger partial charge in [-0.2, -0.15) is 0 Å². The molecule has 0 aromatic carbocycles. The molecule has 60 valence electrons. The van der Waals surface area contributed by atoms with Gasteiger partial charge in [0.2, 0.25) is 0 Å². The molecule has 11 heavy (non-hydrogen) atoms. The third-order valence-electron chi connectivity index (χ3n) is 1.63. The number of carbonyl (C=O) groups is 1. The first-order chi connectivity index (χ1) is 5.15. The fourth-order valence-electron chi connectivity index (χ4n) is 0.811. The molecular formula is C8H11NOS. The Morgan fingerprint density at radius 1 is 1.64 bits per heavy atom. The molecule has 1 rings (SSSR count). The van der Waals surface area contributed by atoms with Gasteiger partial charge in [-0.1, -0.05) is 0 Å². The van der Waals surface area contributed by atoms with E-state index in [-0.39, 0.29) is 12.3 Å². The highest BCUT2D eigenvalue weighted by Gasteiger charge is 2.07. The van der Waals surface area contributed by atoms with Gasteiger partial charge in [-0.3, -0.25) is 4.79 Å². The van der Waals surface area contributed by atoms with Crippen LogP contribution in [0.5, 0.6) is 0 Å². The maximum Gasteiger partial charge on any atom is 0.186 e. The van der Waals surface area contributed by atoms with Crippen LogP contribution in [0, 0.1) is 13.8 Å². The zero-order chi connectivity index (χ0) is 8.43. The fourth-order valence-corrected chi connectivity index (χ4v) is 1.79. The summed E-state index contributed by atoms with van der Waals surface area (Å²) in [6.07, 6.45) is 0. The van der Waals surface area contributed by atoms with Crippen LogP contribution in [-0.2, 0) is 0 Å². The zero-order valence-corrected chi connectivity index (χ0v) is 7.49. The zero-order valence-electron chi connectivity index (χ0n) is 6.68. The summed E-state index contributed by atoms with van der Waals surface area (Å²) >= 11 is 1.52. The highest BCUT2D eigenvalue weighted by molar-refractivity contribution is 7.14. The normalized spacial score (nSPS) is 10.1. The molecule has 2 N–H and O–H groups in total. The summed E-state index contributed by atoms with van der Waals surface area (Å²) in [5.74, 6) is 0.0335. The van der Waals surface area contributed by atoms with E-state index in [0.717, 1.165) is 4.88 Å². The predicted octanol–water partition coefficient (Wildman–Crippen LogP) is 1.51.